The summed E-state index contributed by atoms with van der Waals surface area (Å²) in [5.74, 6) is 4.54. The number of thiazole rings is 1. The Morgan fingerprint density at radius 1 is 1.48 bits per heavy atom. The van der Waals surface area contributed by atoms with Crippen LogP contribution in [-0.2, 0) is 10.0 Å². The fraction of sp³-hybridized carbons (Fsp3) is 0.154. The summed E-state index contributed by atoms with van der Waals surface area (Å²) >= 11 is 1.06. The lowest BCUT2D eigenvalue weighted by molar-refractivity contribution is 0.602. The van der Waals surface area contributed by atoms with Crippen molar-refractivity contribution in [2.75, 3.05) is 11.3 Å². The topological polar surface area (TPSA) is 85.1 Å². The zero-order valence-electron chi connectivity index (χ0n) is 11.1. The Balaban J connectivity index is 2.31. The van der Waals surface area contributed by atoms with E-state index in [4.69, 9.17) is 5.73 Å². The third-order valence-corrected chi connectivity index (χ3v) is 5.16. The summed E-state index contributed by atoms with van der Waals surface area (Å²) in [6, 6.07) is 3.80. The highest BCUT2D eigenvalue weighted by atomic mass is 32.2. The number of sulfonamides is 1. The number of hydrogen-bond acceptors (Lipinski definition) is 5. The van der Waals surface area contributed by atoms with Crippen molar-refractivity contribution in [3.8, 4) is 11.8 Å². The van der Waals surface area contributed by atoms with E-state index in [-0.39, 0.29) is 22.0 Å². The summed E-state index contributed by atoms with van der Waals surface area (Å²) in [5.41, 5.74) is 5.54. The van der Waals surface area contributed by atoms with Crippen LogP contribution in [0.15, 0.2) is 28.6 Å². The molecule has 1 aromatic carbocycles. The SMILES string of the molecule is Cc1ncc(S(=O)(=O)Nc2ccc(F)c(C#CCN)c2)s1. The van der Waals surface area contributed by atoms with Crippen LogP contribution in [0.2, 0.25) is 0 Å². The molecule has 0 bridgehead atoms. The number of aryl methyl sites for hydroxylation is 1. The van der Waals surface area contributed by atoms with Crippen LogP contribution in [-0.4, -0.2) is 19.9 Å². The molecular weight excluding hydrogens is 313 g/mol. The second-order valence-corrected chi connectivity index (χ2v) is 7.15. The van der Waals surface area contributed by atoms with Crippen LogP contribution >= 0.6 is 11.3 Å². The minimum Gasteiger partial charge on any atom is -0.320 e. The van der Waals surface area contributed by atoms with Crippen LogP contribution in [0.25, 0.3) is 0 Å². The van der Waals surface area contributed by atoms with Gasteiger partial charge in [-0.2, -0.15) is 0 Å². The zero-order valence-corrected chi connectivity index (χ0v) is 12.7. The zero-order chi connectivity index (χ0) is 15.5. The van der Waals surface area contributed by atoms with Crippen LogP contribution in [0, 0.1) is 24.6 Å². The van der Waals surface area contributed by atoms with E-state index >= 15 is 0 Å². The van der Waals surface area contributed by atoms with E-state index in [1.54, 1.807) is 6.92 Å². The maximum Gasteiger partial charge on any atom is 0.273 e. The molecular formula is C13H12FN3O2S2. The maximum absolute atomic E-state index is 13.5. The maximum atomic E-state index is 13.5. The number of halogens is 1. The van der Waals surface area contributed by atoms with E-state index in [2.05, 4.69) is 21.5 Å². The summed E-state index contributed by atoms with van der Waals surface area (Å²) in [6.07, 6.45) is 1.28. The Morgan fingerprint density at radius 3 is 2.86 bits per heavy atom. The van der Waals surface area contributed by atoms with Crippen LogP contribution in [0.1, 0.15) is 10.6 Å². The molecule has 0 spiro atoms. The number of nitrogens with two attached hydrogens (primary N) is 1. The number of nitrogens with one attached hydrogen (secondary N) is 1. The first-order chi connectivity index (χ1) is 9.92. The third kappa shape index (κ3) is 3.78. The molecule has 0 aliphatic heterocycles. The van der Waals surface area contributed by atoms with Gasteiger partial charge in [-0.3, -0.25) is 4.72 Å². The molecule has 110 valence electrons. The van der Waals surface area contributed by atoms with E-state index in [0.29, 0.717) is 5.01 Å². The molecule has 0 aliphatic carbocycles. The Morgan fingerprint density at radius 2 is 2.24 bits per heavy atom. The second-order valence-electron chi connectivity index (χ2n) is 4.00. The van der Waals surface area contributed by atoms with Crippen LogP contribution in [0.5, 0.6) is 0 Å². The van der Waals surface area contributed by atoms with Crippen LogP contribution < -0.4 is 10.5 Å². The van der Waals surface area contributed by atoms with Crippen molar-refractivity contribution in [1.82, 2.24) is 4.98 Å². The number of hydrogen-bond donors (Lipinski definition) is 2. The standard InChI is InChI=1S/C13H12FN3O2S2/c1-9-16-8-13(20-9)21(18,19)17-11-4-5-12(14)10(7-11)3-2-6-15/h4-5,7-8,17H,6,15H2,1H3. The molecule has 3 N–H and O–H groups in total. The van der Waals surface area contributed by atoms with Crippen molar-refractivity contribution in [3.05, 3.63) is 40.8 Å². The molecule has 0 saturated carbocycles. The van der Waals surface area contributed by atoms with Gasteiger partial charge in [0.2, 0.25) is 0 Å². The summed E-state index contributed by atoms with van der Waals surface area (Å²) in [5, 5.41) is 0.643. The molecule has 21 heavy (non-hydrogen) atoms. The smallest absolute Gasteiger partial charge is 0.273 e. The molecule has 1 aromatic heterocycles. The van der Waals surface area contributed by atoms with E-state index < -0.39 is 15.8 Å². The van der Waals surface area contributed by atoms with E-state index in [0.717, 1.165) is 17.4 Å². The third-order valence-electron chi connectivity index (χ3n) is 2.41. The van der Waals surface area contributed by atoms with Gasteiger partial charge in [0.05, 0.1) is 29.0 Å². The fourth-order valence-corrected chi connectivity index (χ4v) is 3.66. The lowest BCUT2D eigenvalue weighted by Gasteiger charge is -2.06. The van der Waals surface area contributed by atoms with Crippen molar-refractivity contribution in [1.29, 1.82) is 0 Å². The van der Waals surface area contributed by atoms with Crippen molar-refractivity contribution in [2.45, 2.75) is 11.1 Å². The highest BCUT2D eigenvalue weighted by Crippen LogP contribution is 2.22. The Hall–Kier alpha value is -1.95. The molecule has 2 rings (SSSR count). The van der Waals surface area contributed by atoms with E-state index in [1.165, 1.54) is 18.3 Å². The first kappa shape index (κ1) is 15.4. The Labute approximate surface area is 126 Å². The van der Waals surface area contributed by atoms with Gasteiger partial charge in [0.25, 0.3) is 10.0 Å². The Kier molecular flexibility index (Phi) is 4.57. The van der Waals surface area contributed by atoms with Crippen molar-refractivity contribution in [2.24, 2.45) is 5.73 Å². The number of benzene rings is 1. The molecule has 0 atom stereocenters. The predicted octanol–water partition coefficient (Wildman–Crippen LogP) is 1.70. The monoisotopic (exact) mass is 325 g/mol. The molecule has 0 aliphatic rings. The quantitative estimate of drug-likeness (QED) is 0.841. The first-order valence-electron chi connectivity index (χ1n) is 5.86. The van der Waals surface area contributed by atoms with Gasteiger partial charge in [-0.05, 0) is 25.1 Å². The lowest BCUT2D eigenvalue weighted by Crippen LogP contribution is -2.11. The number of anilines is 1. The second kappa shape index (κ2) is 6.22. The fourth-order valence-electron chi connectivity index (χ4n) is 1.50. The minimum absolute atomic E-state index is 0.0844. The molecule has 0 unspecified atom stereocenters. The number of rotatable bonds is 3. The first-order valence-corrected chi connectivity index (χ1v) is 8.16. The summed E-state index contributed by atoms with van der Waals surface area (Å²) in [4.78, 5) is 3.90. The van der Waals surface area contributed by atoms with Gasteiger partial charge in [0.15, 0.2) is 4.21 Å². The normalized spacial score (nSPS) is 10.8. The van der Waals surface area contributed by atoms with Crippen molar-refractivity contribution >= 4 is 27.0 Å². The van der Waals surface area contributed by atoms with Crippen molar-refractivity contribution in [3.63, 3.8) is 0 Å². The average molecular weight is 325 g/mol. The van der Waals surface area contributed by atoms with E-state index in [9.17, 15) is 12.8 Å². The molecule has 0 amide bonds. The van der Waals surface area contributed by atoms with Crippen LogP contribution in [0.4, 0.5) is 10.1 Å². The van der Waals surface area contributed by atoms with Gasteiger partial charge in [-0.15, -0.1) is 11.3 Å². The number of nitrogens with zero attached hydrogens (tertiary/aromatic N) is 1. The van der Waals surface area contributed by atoms with Gasteiger partial charge in [-0.25, -0.2) is 17.8 Å². The summed E-state index contributed by atoms with van der Waals surface area (Å²) < 4.78 is 40.3. The minimum atomic E-state index is -3.73. The van der Waals surface area contributed by atoms with Gasteiger partial charge >= 0.3 is 0 Å². The number of aromatic nitrogens is 1. The lowest BCUT2D eigenvalue weighted by atomic mass is 10.2. The average Bonchev–Trinajstić information content (AvgIpc) is 2.86. The van der Waals surface area contributed by atoms with Gasteiger partial charge in [-0.1, -0.05) is 11.8 Å². The van der Waals surface area contributed by atoms with E-state index in [1.807, 2.05) is 0 Å². The van der Waals surface area contributed by atoms with Crippen molar-refractivity contribution < 1.29 is 12.8 Å². The molecule has 8 heteroatoms. The largest absolute Gasteiger partial charge is 0.320 e. The van der Waals surface area contributed by atoms with Gasteiger partial charge < -0.3 is 5.73 Å². The van der Waals surface area contributed by atoms with Gasteiger partial charge in [0.1, 0.15) is 5.82 Å². The molecule has 0 radical (unpaired) electrons. The molecule has 2 aromatic rings. The summed E-state index contributed by atoms with van der Waals surface area (Å²) in [7, 11) is -3.73. The van der Waals surface area contributed by atoms with Gasteiger partial charge in [0, 0.05) is 0 Å². The highest BCUT2D eigenvalue weighted by molar-refractivity contribution is 7.94. The molecule has 0 saturated heterocycles. The molecule has 5 nitrogen and oxygen atoms in total. The molecule has 0 fully saturated rings. The van der Waals surface area contributed by atoms with Crippen LogP contribution in [0.3, 0.4) is 0 Å². The molecule has 1 heterocycles. The predicted molar refractivity (Wildman–Crippen MR) is 80.0 cm³/mol. The summed E-state index contributed by atoms with van der Waals surface area (Å²) in [6.45, 7) is 1.80. The highest BCUT2D eigenvalue weighted by Gasteiger charge is 2.17. The Bertz CT molecular complexity index is 819.